The molecule has 1 aromatic rings. The molecule has 1 aromatic heterocycles. The van der Waals surface area contributed by atoms with Gasteiger partial charge < -0.3 is 10.1 Å². The molecule has 0 spiro atoms. The molecule has 1 atom stereocenters. The maximum atomic E-state index is 12.4. The van der Waals surface area contributed by atoms with Crippen LogP contribution in [0.2, 0.25) is 0 Å². The molecule has 1 heterocycles. The first-order valence-electron chi connectivity index (χ1n) is 6.57. The lowest BCUT2D eigenvalue weighted by molar-refractivity contribution is 0.157. The number of ether oxygens (including phenoxy) is 1. The number of rotatable bonds is 8. The van der Waals surface area contributed by atoms with E-state index in [0.29, 0.717) is 17.4 Å². The minimum atomic E-state index is -3.49. The van der Waals surface area contributed by atoms with E-state index in [-0.39, 0.29) is 12.0 Å². The summed E-state index contributed by atoms with van der Waals surface area (Å²) in [5, 5.41) is 3.04. The van der Waals surface area contributed by atoms with E-state index in [4.69, 9.17) is 4.74 Å². The summed E-state index contributed by atoms with van der Waals surface area (Å²) in [5.74, 6) is 0.169. The van der Waals surface area contributed by atoms with Crippen LogP contribution >= 0.6 is 11.3 Å². The average molecular weight is 320 g/mol. The van der Waals surface area contributed by atoms with Crippen LogP contribution < -0.4 is 10.0 Å². The van der Waals surface area contributed by atoms with E-state index < -0.39 is 10.0 Å². The van der Waals surface area contributed by atoms with E-state index in [1.165, 1.54) is 11.3 Å². The predicted molar refractivity (Wildman–Crippen MR) is 82.6 cm³/mol. The van der Waals surface area contributed by atoms with Crippen molar-refractivity contribution >= 4 is 21.4 Å². The van der Waals surface area contributed by atoms with Gasteiger partial charge in [-0.15, -0.1) is 11.3 Å². The molecule has 0 aliphatic carbocycles. The largest absolute Gasteiger partial charge is 0.383 e. The van der Waals surface area contributed by atoms with Gasteiger partial charge in [-0.3, -0.25) is 0 Å². The van der Waals surface area contributed by atoms with Crippen molar-refractivity contribution in [2.75, 3.05) is 20.8 Å². The van der Waals surface area contributed by atoms with Crippen LogP contribution in [-0.2, 0) is 21.3 Å². The Morgan fingerprint density at radius 2 is 2.05 bits per heavy atom. The number of hydrogen-bond donors (Lipinski definition) is 2. The SMILES string of the molecule is CNCc1sc(S(=O)(=O)NC(COC)C(C)C)cc1C. The van der Waals surface area contributed by atoms with Crippen molar-refractivity contribution in [2.24, 2.45) is 5.92 Å². The fourth-order valence-corrected chi connectivity index (χ4v) is 4.74. The highest BCUT2D eigenvalue weighted by Crippen LogP contribution is 2.26. The van der Waals surface area contributed by atoms with Gasteiger partial charge >= 0.3 is 0 Å². The van der Waals surface area contributed by atoms with Gasteiger partial charge in [-0.25, -0.2) is 13.1 Å². The number of aryl methyl sites for hydroxylation is 1. The summed E-state index contributed by atoms with van der Waals surface area (Å²) in [7, 11) is -0.0664. The Morgan fingerprint density at radius 3 is 2.55 bits per heavy atom. The number of thiophene rings is 1. The number of sulfonamides is 1. The molecule has 0 aliphatic rings. The standard InChI is InChI=1S/C13H24N2O3S2/c1-9(2)11(8-18-5)15-20(16,17)13-6-10(3)12(19-13)7-14-4/h6,9,11,14-15H,7-8H2,1-5H3. The summed E-state index contributed by atoms with van der Waals surface area (Å²) >= 11 is 1.31. The molecule has 0 bridgehead atoms. The summed E-state index contributed by atoms with van der Waals surface area (Å²) in [6.07, 6.45) is 0. The summed E-state index contributed by atoms with van der Waals surface area (Å²) in [6.45, 7) is 6.91. The predicted octanol–water partition coefficient (Wildman–Crippen LogP) is 1.73. The van der Waals surface area contributed by atoms with Crippen molar-refractivity contribution in [3.63, 3.8) is 0 Å². The molecule has 2 N–H and O–H groups in total. The van der Waals surface area contributed by atoms with Crippen LogP contribution in [0.15, 0.2) is 10.3 Å². The summed E-state index contributed by atoms with van der Waals surface area (Å²) in [6, 6.07) is 1.50. The molecule has 0 aliphatic heterocycles. The second kappa shape index (κ2) is 7.51. The van der Waals surface area contributed by atoms with Crippen molar-refractivity contribution in [1.82, 2.24) is 10.0 Å². The molecule has 0 aromatic carbocycles. The Balaban J connectivity index is 2.95. The monoisotopic (exact) mass is 320 g/mol. The van der Waals surface area contributed by atoms with Gasteiger partial charge in [0.1, 0.15) is 4.21 Å². The molecule has 0 fully saturated rings. The molecule has 0 radical (unpaired) electrons. The van der Waals surface area contributed by atoms with Crippen molar-refractivity contribution in [3.8, 4) is 0 Å². The Labute approximate surface area is 125 Å². The van der Waals surface area contributed by atoms with Crippen molar-refractivity contribution in [2.45, 2.75) is 37.6 Å². The lowest BCUT2D eigenvalue weighted by atomic mass is 10.1. The number of hydrogen-bond acceptors (Lipinski definition) is 5. The van der Waals surface area contributed by atoms with Crippen LogP contribution in [0.3, 0.4) is 0 Å². The first-order chi connectivity index (χ1) is 9.31. The van der Waals surface area contributed by atoms with Gasteiger partial charge in [0.05, 0.1) is 6.61 Å². The molecule has 0 saturated carbocycles. The van der Waals surface area contributed by atoms with Crippen LogP contribution in [0.4, 0.5) is 0 Å². The quantitative estimate of drug-likeness (QED) is 0.765. The minimum Gasteiger partial charge on any atom is -0.383 e. The van der Waals surface area contributed by atoms with Gasteiger partial charge in [0.25, 0.3) is 0 Å². The summed E-state index contributed by atoms with van der Waals surface area (Å²) in [5.41, 5.74) is 0.998. The molecule has 20 heavy (non-hydrogen) atoms. The molecule has 1 unspecified atom stereocenters. The van der Waals surface area contributed by atoms with E-state index in [1.807, 2.05) is 27.8 Å². The number of methoxy groups -OCH3 is 1. The van der Waals surface area contributed by atoms with Crippen LogP contribution in [0.25, 0.3) is 0 Å². The zero-order valence-electron chi connectivity index (χ0n) is 12.7. The van der Waals surface area contributed by atoms with E-state index in [0.717, 1.165) is 10.4 Å². The van der Waals surface area contributed by atoms with Crippen molar-refractivity contribution < 1.29 is 13.2 Å². The van der Waals surface area contributed by atoms with E-state index >= 15 is 0 Å². The molecule has 116 valence electrons. The smallest absolute Gasteiger partial charge is 0.250 e. The molecular weight excluding hydrogens is 296 g/mol. The van der Waals surface area contributed by atoms with E-state index in [2.05, 4.69) is 10.0 Å². The highest BCUT2D eigenvalue weighted by Gasteiger charge is 2.24. The Kier molecular flexibility index (Phi) is 6.60. The first kappa shape index (κ1) is 17.6. The van der Waals surface area contributed by atoms with Crippen LogP contribution in [0, 0.1) is 12.8 Å². The third-order valence-electron chi connectivity index (χ3n) is 3.06. The third kappa shape index (κ3) is 4.53. The van der Waals surface area contributed by atoms with Crippen molar-refractivity contribution in [3.05, 3.63) is 16.5 Å². The maximum Gasteiger partial charge on any atom is 0.250 e. The third-order valence-corrected chi connectivity index (χ3v) is 6.26. The summed E-state index contributed by atoms with van der Waals surface area (Å²) < 4.78 is 33.0. The topological polar surface area (TPSA) is 67.4 Å². The van der Waals surface area contributed by atoms with E-state index in [9.17, 15) is 8.42 Å². The van der Waals surface area contributed by atoms with Crippen molar-refractivity contribution in [1.29, 1.82) is 0 Å². The zero-order chi connectivity index (χ0) is 15.3. The second-order valence-corrected chi connectivity index (χ2v) is 8.21. The Morgan fingerprint density at radius 1 is 1.40 bits per heavy atom. The van der Waals surface area contributed by atoms with E-state index in [1.54, 1.807) is 13.2 Å². The van der Waals surface area contributed by atoms with Gasteiger partial charge in [-0.05, 0) is 31.5 Å². The van der Waals surface area contributed by atoms with Gasteiger partial charge in [0, 0.05) is 24.6 Å². The Bertz CT molecular complexity index is 524. The minimum absolute atomic E-state index is 0.169. The summed E-state index contributed by atoms with van der Waals surface area (Å²) in [4.78, 5) is 1.04. The normalized spacial score (nSPS) is 13.9. The van der Waals surface area contributed by atoms with Crippen LogP contribution in [0.5, 0.6) is 0 Å². The zero-order valence-corrected chi connectivity index (χ0v) is 14.3. The lowest BCUT2D eigenvalue weighted by Gasteiger charge is -2.20. The highest BCUT2D eigenvalue weighted by molar-refractivity contribution is 7.91. The maximum absolute atomic E-state index is 12.4. The average Bonchev–Trinajstić information content (AvgIpc) is 2.71. The highest BCUT2D eigenvalue weighted by atomic mass is 32.2. The number of nitrogens with one attached hydrogen (secondary N) is 2. The first-order valence-corrected chi connectivity index (χ1v) is 8.87. The molecule has 0 amide bonds. The molecule has 1 rings (SSSR count). The molecule has 7 heteroatoms. The Hall–Kier alpha value is -0.470. The van der Waals surface area contributed by atoms with Gasteiger partial charge in [-0.2, -0.15) is 0 Å². The van der Waals surface area contributed by atoms with Crippen LogP contribution in [0.1, 0.15) is 24.3 Å². The fourth-order valence-electron chi connectivity index (χ4n) is 1.76. The van der Waals surface area contributed by atoms with Gasteiger partial charge in [0.2, 0.25) is 10.0 Å². The fraction of sp³-hybridized carbons (Fsp3) is 0.692. The second-order valence-electron chi connectivity index (χ2n) is 5.13. The molecular formula is C13H24N2O3S2. The van der Waals surface area contributed by atoms with Crippen LogP contribution in [-0.4, -0.2) is 35.2 Å². The molecule has 5 nitrogen and oxygen atoms in total. The van der Waals surface area contributed by atoms with Gasteiger partial charge in [0.15, 0.2) is 0 Å². The lowest BCUT2D eigenvalue weighted by Crippen LogP contribution is -2.41. The molecule has 0 saturated heterocycles. The van der Waals surface area contributed by atoms with Gasteiger partial charge in [-0.1, -0.05) is 13.8 Å².